The van der Waals surface area contributed by atoms with E-state index in [1.807, 2.05) is 43.3 Å². The largest absolute Gasteiger partial charge is 0.381 e. The lowest BCUT2D eigenvalue weighted by molar-refractivity contribution is 0.148. The van der Waals surface area contributed by atoms with Crippen molar-refractivity contribution < 1.29 is 9.53 Å². The molecular formula is C19H30N4O2. The summed E-state index contributed by atoms with van der Waals surface area (Å²) in [7, 11) is 3.95. The molecule has 0 aliphatic carbocycles. The van der Waals surface area contributed by atoms with Crippen LogP contribution in [-0.2, 0) is 4.74 Å². The summed E-state index contributed by atoms with van der Waals surface area (Å²) >= 11 is 0. The molecule has 0 aromatic heterocycles. The standard InChI is InChI=1S/C19H30N4O2/c1-22(2)18-6-4-3-5-17(18)21-19(24)20-16-7-10-23(11-8-16)13-15-9-12-25-14-15/h3-6,15-16H,7-14H2,1-2H3,(H2,20,21,24). The Morgan fingerprint density at radius 3 is 2.68 bits per heavy atom. The van der Waals surface area contributed by atoms with E-state index < -0.39 is 0 Å². The number of benzene rings is 1. The van der Waals surface area contributed by atoms with Crippen LogP contribution in [-0.4, -0.2) is 63.9 Å². The fourth-order valence-corrected chi connectivity index (χ4v) is 3.67. The first-order chi connectivity index (χ1) is 12.1. The van der Waals surface area contributed by atoms with Crippen molar-refractivity contribution in [2.45, 2.75) is 25.3 Å². The Morgan fingerprint density at radius 2 is 2.00 bits per heavy atom. The van der Waals surface area contributed by atoms with Crippen LogP contribution in [0.2, 0.25) is 0 Å². The summed E-state index contributed by atoms with van der Waals surface area (Å²) < 4.78 is 5.46. The van der Waals surface area contributed by atoms with Crippen molar-refractivity contribution in [1.29, 1.82) is 0 Å². The maximum atomic E-state index is 12.3. The Bertz CT molecular complexity index is 564. The minimum absolute atomic E-state index is 0.114. The second-order valence-corrected chi connectivity index (χ2v) is 7.31. The van der Waals surface area contributed by atoms with E-state index >= 15 is 0 Å². The number of para-hydroxylation sites is 2. The van der Waals surface area contributed by atoms with E-state index in [1.165, 1.54) is 6.42 Å². The smallest absolute Gasteiger partial charge is 0.319 e. The van der Waals surface area contributed by atoms with Crippen molar-refractivity contribution in [3.8, 4) is 0 Å². The molecule has 1 aromatic carbocycles. The molecule has 25 heavy (non-hydrogen) atoms. The minimum Gasteiger partial charge on any atom is -0.381 e. The Balaban J connectivity index is 1.43. The van der Waals surface area contributed by atoms with E-state index in [0.29, 0.717) is 5.92 Å². The van der Waals surface area contributed by atoms with Crippen molar-refractivity contribution >= 4 is 17.4 Å². The number of carbonyl (C=O) groups excluding carboxylic acids is 1. The summed E-state index contributed by atoms with van der Waals surface area (Å²) in [6.45, 7) is 5.06. The summed E-state index contributed by atoms with van der Waals surface area (Å²) in [5.41, 5.74) is 1.84. The highest BCUT2D eigenvalue weighted by atomic mass is 16.5. The number of rotatable bonds is 5. The van der Waals surface area contributed by atoms with Gasteiger partial charge >= 0.3 is 6.03 Å². The van der Waals surface area contributed by atoms with Crippen molar-refractivity contribution in [2.24, 2.45) is 5.92 Å². The highest BCUT2D eigenvalue weighted by Gasteiger charge is 2.24. The summed E-state index contributed by atoms with van der Waals surface area (Å²) in [6.07, 6.45) is 3.21. The first-order valence-electron chi connectivity index (χ1n) is 9.26. The van der Waals surface area contributed by atoms with E-state index in [2.05, 4.69) is 15.5 Å². The summed E-state index contributed by atoms with van der Waals surface area (Å²) in [5.74, 6) is 0.690. The van der Waals surface area contributed by atoms with Gasteiger partial charge < -0.3 is 25.2 Å². The van der Waals surface area contributed by atoms with E-state index in [4.69, 9.17) is 4.74 Å². The van der Waals surface area contributed by atoms with Crippen molar-refractivity contribution in [1.82, 2.24) is 10.2 Å². The van der Waals surface area contributed by atoms with Gasteiger partial charge in [-0.1, -0.05) is 12.1 Å². The number of hydrogen-bond acceptors (Lipinski definition) is 4. The second kappa shape index (κ2) is 8.54. The Labute approximate surface area is 150 Å². The lowest BCUT2D eigenvalue weighted by Crippen LogP contribution is -2.47. The molecule has 0 radical (unpaired) electrons. The zero-order chi connectivity index (χ0) is 17.6. The molecule has 2 fully saturated rings. The third-order valence-corrected chi connectivity index (χ3v) is 5.10. The summed E-state index contributed by atoms with van der Waals surface area (Å²) in [4.78, 5) is 16.9. The number of carbonyl (C=O) groups is 1. The molecule has 6 heteroatoms. The highest BCUT2D eigenvalue weighted by molar-refractivity contribution is 5.93. The van der Waals surface area contributed by atoms with Gasteiger partial charge in [-0.15, -0.1) is 0 Å². The SMILES string of the molecule is CN(C)c1ccccc1NC(=O)NC1CCN(CC2CCOC2)CC1. The van der Waals surface area contributed by atoms with Gasteiger partial charge in [-0.05, 0) is 37.3 Å². The van der Waals surface area contributed by atoms with Crippen LogP contribution in [0, 0.1) is 5.92 Å². The van der Waals surface area contributed by atoms with E-state index in [1.54, 1.807) is 0 Å². The predicted molar refractivity (Wildman–Crippen MR) is 101 cm³/mol. The van der Waals surface area contributed by atoms with Gasteiger partial charge in [0.1, 0.15) is 0 Å². The number of ether oxygens (including phenoxy) is 1. The fraction of sp³-hybridized carbons (Fsp3) is 0.632. The molecule has 6 nitrogen and oxygen atoms in total. The van der Waals surface area contributed by atoms with Crippen LogP contribution < -0.4 is 15.5 Å². The van der Waals surface area contributed by atoms with Crippen LogP contribution in [0.15, 0.2) is 24.3 Å². The molecule has 138 valence electrons. The van der Waals surface area contributed by atoms with Gasteiger partial charge in [-0.3, -0.25) is 0 Å². The summed E-state index contributed by atoms with van der Waals surface area (Å²) in [6, 6.07) is 7.99. The van der Waals surface area contributed by atoms with Gasteiger partial charge in [0.2, 0.25) is 0 Å². The molecular weight excluding hydrogens is 316 g/mol. The number of piperidine rings is 1. The lowest BCUT2D eigenvalue weighted by Gasteiger charge is -2.33. The monoisotopic (exact) mass is 346 g/mol. The van der Waals surface area contributed by atoms with Gasteiger partial charge in [0.25, 0.3) is 0 Å². The molecule has 2 aliphatic rings. The zero-order valence-electron chi connectivity index (χ0n) is 15.3. The topological polar surface area (TPSA) is 56.8 Å². The van der Waals surface area contributed by atoms with Crippen molar-refractivity contribution in [3.05, 3.63) is 24.3 Å². The van der Waals surface area contributed by atoms with Crippen molar-refractivity contribution in [3.63, 3.8) is 0 Å². The van der Waals surface area contributed by atoms with Crippen molar-refractivity contribution in [2.75, 3.05) is 57.2 Å². The third kappa shape index (κ3) is 5.09. The molecule has 2 heterocycles. The molecule has 2 saturated heterocycles. The number of nitrogens with zero attached hydrogens (tertiary/aromatic N) is 2. The first kappa shape index (κ1) is 18.0. The van der Waals surface area contributed by atoms with Gasteiger partial charge in [-0.25, -0.2) is 4.79 Å². The predicted octanol–water partition coefficient (Wildman–Crippen LogP) is 2.38. The fourth-order valence-electron chi connectivity index (χ4n) is 3.67. The molecule has 1 atom stereocenters. The number of hydrogen-bond donors (Lipinski definition) is 2. The maximum Gasteiger partial charge on any atom is 0.319 e. The van der Waals surface area contributed by atoms with Gasteiger partial charge in [0.05, 0.1) is 18.0 Å². The Morgan fingerprint density at radius 1 is 1.24 bits per heavy atom. The maximum absolute atomic E-state index is 12.3. The van der Waals surface area contributed by atoms with E-state index in [-0.39, 0.29) is 12.1 Å². The molecule has 2 amide bonds. The molecule has 1 unspecified atom stereocenters. The van der Waals surface area contributed by atoms with Crippen LogP contribution in [0.25, 0.3) is 0 Å². The van der Waals surface area contributed by atoms with Gasteiger partial charge in [0.15, 0.2) is 0 Å². The van der Waals surface area contributed by atoms with Crippen LogP contribution in [0.3, 0.4) is 0 Å². The first-order valence-corrected chi connectivity index (χ1v) is 9.26. The third-order valence-electron chi connectivity index (χ3n) is 5.10. The van der Waals surface area contributed by atoms with Gasteiger partial charge in [0, 0.05) is 46.4 Å². The van der Waals surface area contributed by atoms with E-state index in [9.17, 15) is 4.79 Å². The highest BCUT2D eigenvalue weighted by Crippen LogP contribution is 2.23. The number of amides is 2. The summed E-state index contributed by atoms with van der Waals surface area (Å²) in [5, 5.41) is 6.12. The van der Waals surface area contributed by atoms with Crippen LogP contribution in [0.4, 0.5) is 16.2 Å². The number of likely N-dealkylation sites (tertiary alicyclic amines) is 1. The molecule has 1 aromatic rings. The molecule has 2 aliphatic heterocycles. The Hall–Kier alpha value is -1.79. The molecule has 0 bridgehead atoms. The minimum atomic E-state index is -0.114. The van der Waals surface area contributed by atoms with Gasteiger partial charge in [-0.2, -0.15) is 0 Å². The quantitative estimate of drug-likeness (QED) is 0.859. The van der Waals surface area contributed by atoms with Crippen LogP contribution in [0.1, 0.15) is 19.3 Å². The number of urea groups is 1. The molecule has 3 rings (SSSR count). The average Bonchev–Trinajstić information content (AvgIpc) is 3.10. The van der Waals surface area contributed by atoms with Crippen LogP contribution in [0.5, 0.6) is 0 Å². The Kier molecular flexibility index (Phi) is 6.15. The average molecular weight is 346 g/mol. The molecule has 0 saturated carbocycles. The zero-order valence-corrected chi connectivity index (χ0v) is 15.3. The molecule has 0 spiro atoms. The normalized spacial score (nSPS) is 21.9. The lowest BCUT2D eigenvalue weighted by atomic mass is 10.0. The van der Waals surface area contributed by atoms with E-state index in [0.717, 1.165) is 57.1 Å². The second-order valence-electron chi connectivity index (χ2n) is 7.31. The molecule has 2 N–H and O–H groups in total. The van der Waals surface area contributed by atoms with Crippen LogP contribution >= 0.6 is 0 Å². The number of anilines is 2. The number of nitrogens with one attached hydrogen (secondary N) is 2.